The van der Waals surface area contributed by atoms with Crippen molar-refractivity contribution in [3.63, 3.8) is 0 Å². The lowest BCUT2D eigenvalue weighted by Gasteiger charge is -2.32. The number of likely N-dealkylation sites (N-methyl/N-ethyl adjacent to an activating group) is 1. The van der Waals surface area contributed by atoms with Crippen molar-refractivity contribution < 1.29 is 23.9 Å². The van der Waals surface area contributed by atoms with Crippen LogP contribution in [0.2, 0.25) is 0 Å². The van der Waals surface area contributed by atoms with Gasteiger partial charge in [0.1, 0.15) is 13.2 Å². The molecule has 2 aliphatic rings. The molecule has 2 N–H and O–H groups in total. The van der Waals surface area contributed by atoms with E-state index < -0.39 is 0 Å². The minimum absolute atomic E-state index is 0.00528. The number of carbonyl (C=O) groups excluding carboxylic acids is 3. The van der Waals surface area contributed by atoms with Gasteiger partial charge in [-0.3, -0.25) is 19.3 Å². The zero-order chi connectivity index (χ0) is 24.6. The number of likely N-dealkylation sites (tertiary alicyclic amines) is 1. The molecule has 1 saturated heterocycles. The van der Waals surface area contributed by atoms with Crippen molar-refractivity contribution in [2.45, 2.75) is 19.8 Å². The van der Waals surface area contributed by atoms with E-state index in [1.807, 2.05) is 42.2 Å². The summed E-state index contributed by atoms with van der Waals surface area (Å²) in [4.78, 5) is 41.6. The second-order valence-corrected chi connectivity index (χ2v) is 8.72. The molecule has 2 heterocycles. The van der Waals surface area contributed by atoms with E-state index in [4.69, 9.17) is 9.47 Å². The molecule has 0 bridgehead atoms. The quantitative estimate of drug-likeness (QED) is 0.603. The lowest BCUT2D eigenvalue weighted by Crippen LogP contribution is -2.47. The molecule has 0 radical (unpaired) electrons. The van der Waals surface area contributed by atoms with Crippen molar-refractivity contribution in [2.75, 3.05) is 56.6 Å². The first-order chi connectivity index (χ1) is 17.0. The molecule has 186 valence electrons. The highest BCUT2D eigenvalue weighted by molar-refractivity contribution is 5.93. The minimum atomic E-state index is -0.201. The van der Waals surface area contributed by atoms with Crippen molar-refractivity contribution >= 4 is 29.1 Å². The van der Waals surface area contributed by atoms with E-state index in [2.05, 4.69) is 10.6 Å². The average Bonchev–Trinajstić information content (AvgIpc) is 2.88. The summed E-state index contributed by atoms with van der Waals surface area (Å²) in [5, 5.41) is 5.81. The van der Waals surface area contributed by atoms with Crippen molar-refractivity contribution in [1.82, 2.24) is 9.80 Å². The summed E-state index contributed by atoms with van der Waals surface area (Å²) < 4.78 is 11.1. The zero-order valence-electron chi connectivity index (χ0n) is 20.0. The van der Waals surface area contributed by atoms with Crippen molar-refractivity contribution in [3.8, 4) is 11.5 Å². The molecule has 0 aliphatic carbocycles. The molecule has 3 amide bonds. The molecule has 9 heteroatoms. The van der Waals surface area contributed by atoms with Gasteiger partial charge in [0.05, 0.1) is 13.1 Å². The average molecular weight is 481 g/mol. The number of ether oxygens (including phenoxy) is 2. The highest BCUT2D eigenvalue weighted by Crippen LogP contribution is 2.32. The summed E-state index contributed by atoms with van der Waals surface area (Å²) in [6.07, 6.45) is 1.25. The normalized spacial score (nSPS) is 15.5. The van der Waals surface area contributed by atoms with Crippen LogP contribution in [-0.4, -0.2) is 73.5 Å². The molecule has 0 aromatic heterocycles. The van der Waals surface area contributed by atoms with Crippen LogP contribution in [0.5, 0.6) is 11.5 Å². The first-order valence-electron chi connectivity index (χ1n) is 12.1. The van der Waals surface area contributed by atoms with Gasteiger partial charge in [-0.05, 0) is 43.7 Å². The number of fused-ring (bicyclic) bond motifs is 1. The van der Waals surface area contributed by atoms with Crippen LogP contribution in [-0.2, 0) is 14.4 Å². The maximum Gasteiger partial charge on any atom is 0.238 e. The fraction of sp³-hybridized carbons (Fsp3) is 0.423. The van der Waals surface area contributed by atoms with Crippen molar-refractivity contribution in [2.24, 2.45) is 5.92 Å². The molecule has 0 atom stereocenters. The highest BCUT2D eigenvalue weighted by Gasteiger charge is 2.28. The summed E-state index contributed by atoms with van der Waals surface area (Å²) in [6, 6.07) is 14.7. The highest BCUT2D eigenvalue weighted by atomic mass is 16.6. The van der Waals surface area contributed by atoms with E-state index in [0.717, 1.165) is 5.69 Å². The number of carbonyl (C=O) groups is 3. The smallest absolute Gasteiger partial charge is 0.238 e. The van der Waals surface area contributed by atoms with E-state index >= 15 is 0 Å². The van der Waals surface area contributed by atoms with Crippen LogP contribution < -0.4 is 20.1 Å². The molecule has 0 saturated carbocycles. The fourth-order valence-corrected chi connectivity index (χ4v) is 4.25. The molecular formula is C26H32N4O5. The summed E-state index contributed by atoms with van der Waals surface area (Å²) in [7, 11) is 0. The van der Waals surface area contributed by atoms with Gasteiger partial charge in [-0.1, -0.05) is 25.1 Å². The van der Waals surface area contributed by atoms with Crippen molar-refractivity contribution in [1.29, 1.82) is 0 Å². The third kappa shape index (κ3) is 6.73. The Kier molecular flexibility index (Phi) is 8.20. The van der Waals surface area contributed by atoms with Gasteiger partial charge in [-0.2, -0.15) is 0 Å². The van der Waals surface area contributed by atoms with Gasteiger partial charge in [0.25, 0.3) is 0 Å². The van der Waals surface area contributed by atoms with Gasteiger partial charge in [0.2, 0.25) is 17.7 Å². The standard InChI is InChI=1S/C26H32N4O5/c1-2-29(17-24(31)27-21-8-9-22-23(16-21)35-15-14-34-22)18-25(32)30-12-10-19(11-13-30)26(33)28-20-6-4-3-5-7-20/h3-9,16,19H,2,10-15,17-18H2,1H3,(H,27,31)(H,28,33). The van der Waals surface area contributed by atoms with Crippen LogP contribution in [0.4, 0.5) is 11.4 Å². The van der Waals surface area contributed by atoms with Crippen LogP contribution in [0, 0.1) is 5.92 Å². The molecule has 0 spiro atoms. The number of rotatable bonds is 8. The molecule has 2 aromatic rings. The Balaban J connectivity index is 1.22. The number of anilines is 2. The fourth-order valence-electron chi connectivity index (χ4n) is 4.25. The molecule has 2 aromatic carbocycles. The number of benzene rings is 2. The van der Waals surface area contributed by atoms with E-state index in [-0.39, 0.29) is 36.7 Å². The summed E-state index contributed by atoms with van der Waals surface area (Å²) in [5.41, 5.74) is 1.40. The Bertz CT molecular complexity index is 1040. The van der Waals surface area contributed by atoms with Crippen LogP contribution in [0.25, 0.3) is 0 Å². The largest absolute Gasteiger partial charge is 0.486 e. The number of nitrogens with one attached hydrogen (secondary N) is 2. The van der Waals surface area contributed by atoms with E-state index in [1.54, 1.807) is 23.1 Å². The third-order valence-corrected chi connectivity index (χ3v) is 6.26. The summed E-state index contributed by atoms with van der Waals surface area (Å²) in [6.45, 7) is 4.81. The number of piperidine rings is 1. The Morgan fingerprint density at radius 2 is 1.63 bits per heavy atom. The Morgan fingerprint density at radius 1 is 0.914 bits per heavy atom. The molecule has 0 unspecified atom stereocenters. The summed E-state index contributed by atoms with van der Waals surface area (Å²) in [5.74, 6) is 0.926. The number of nitrogens with zero attached hydrogens (tertiary/aromatic N) is 2. The number of amides is 3. The number of para-hydroxylation sites is 1. The maximum atomic E-state index is 12.9. The molecule has 4 rings (SSSR count). The van der Waals surface area contributed by atoms with Gasteiger partial charge in [-0.15, -0.1) is 0 Å². The zero-order valence-corrected chi connectivity index (χ0v) is 20.0. The predicted octanol–water partition coefficient (Wildman–Crippen LogP) is 2.60. The lowest BCUT2D eigenvalue weighted by molar-refractivity contribution is -0.135. The topological polar surface area (TPSA) is 100 Å². The molecule has 1 fully saturated rings. The van der Waals surface area contributed by atoms with Crippen LogP contribution in [0.1, 0.15) is 19.8 Å². The second-order valence-electron chi connectivity index (χ2n) is 8.72. The van der Waals surface area contributed by atoms with E-state index in [9.17, 15) is 14.4 Å². The Labute approximate surface area is 205 Å². The first kappa shape index (κ1) is 24.5. The van der Waals surface area contributed by atoms with Gasteiger partial charge in [0.15, 0.2) is 11.5 Å². The Hall–Kier alpha value is -3.59. The van der Waals surface area contributed by atoms with E-state index in [0.29, 0.717) is 62.9 Å². The molecule has 9 nitrogen and oxygen atoms in total. The number of hydrogen-bond donors (Lipinski definition) is 2. The first-order valence-corrected chi connectivity index (χ1v) is 12.1. The summed E-state index contributed by atoms with van der Waals surface area (Å²) >= 11 is 0. The third-order valence-electron chi connectivity index (χ3n) is 6.26. The molecular weight excluding hydrogens is 448 g/mol. The monoisotopic (exact) mass is 480 g/mol. The molecule has 35 heavy (non-hydrogen) atoms. The van der Waals surface area contributed by atoms with Gasteiger partial charge >= 0.3 is 0 Å². The van der Waals surface area contributed by atoms with Gasteiger partial charge < -0.3 is 25.0 Å². The maximum absolute atomic E-state index is 12.9. The van der Waals surface area contributed by atoms with Crippen LogP contribution in [0.15, 0.2) is 48.5 Å². The van der Waals surface area contributed by atoms with Gasteiger partial charge in [0, 0.05) is 36.4 Å². The van der Waals surface area contributed by atoms with Crippen LogP contribution >= 0.6 is 0 Å². The van der Waals surface area contributed by atoms with Crippen LogP contribution in [0.3, 0.4) is 0 Å². The minimum Gasteiger partial charge on any atom is -0.486 e. The SMILES string of the molecule is CCN(CC(=O)Nc1ccc2c(c1)OCCO2)CC(=O)N1CCC(C(=O)Nc2ccccc2)CC1. The second kappa shape index (κ2) is 11.7. The molecule has 2 aliphatic heterocycles. The number of hydrogen-bond acceptors (Lipinski definition) is 6. The lowest BCUT2D eigenvalue weighted by atomic mass is 9.95. The Morgan fingerprint density at radius 3 is 2.34 bits per heavy atom. The van der Waals surface area contributed by atoms with E-state index in [1.165, 1.54) is 0 Å². The van der Waals surface area contributed by atoms with Crippen molar-refractivity contribution in [3.05, 3.63) is 48.5 Å². The van der Waals surface area contributed by atoms with Gasteiger partial charge in [-0.25, -0.2) is 0 Å². The predicted molar refractivity (Wildman–Crippen MR) is 133 cm³/mol.